The lowest BCUT2D eigenvalue weighted by Gasteiger charge is -2.19. The number of benzene rings is 1. The summed E-state index contributed by atoms with van der Waals surface area (Å²) in [5.74, 6) is 0.697. The van der Waals surface area contributed by atoms with E-state index in [9.17, 15) is 4.79 Å². The van der Waals surface area contributed by atoms with Gasteiger partial charge in [0.1, 0.15) is 0 Å². The van der Waals surface area contributed by atoms with Gasteiger partial charge in [0.15, 0.2) is 0 Å². The summed E-state index contributed by atoms with van der Waals surface area (Å²) in [5.41, 5.74) is 8.21. The maximum absolute atomic E-state index is 12.2. The zero-order valence-corrected chi connectivity index (χ0v) is 13.1. The van der Waals surface area contributed by atoms with Gasteiger partial charge in [-0.15, -0.1) is 0 Å². The van der Waals surface area contributed by atoms with Crippen molar-refractivity contribution in [3.05, 3.63) is 23.8 Å². The SMILES string of the molecule is CCN(CC)C(=O)c1ccc(NCCC(C)C)c(N)c1. The Morgan fingerprint density at radius 2 is 1.95 bits per heavy atom. The van der Waals surface area contributed by atoms with Gasteiger partial charge in [-0.1, -0.05) is 13.8 Å². The Kier molecular flexibility index (Phi) is 6.36. The monoisotopic (exact) mass is 277 g/mol. The van der Waals surface area contributed by atoms with E-state index in [1.165, 1.54) is 0 Å². The van der Waals surface area contributed by atoms with E-state index in [-0.39, 0.29) is 5.91 Å². The highest BCUT2D eigenvalue weighted by Crippen LogP contribution is 2.21. The fourth-order valence-corrected chi connectivity index (χ4v) is 2.05. The van der Waals surface area contributed by atoms with Crippen LogP contribution in [0.3, 0.4) is 0 Å². The topological polar surface area (TPSA) is 58.4 Å². The lowest BCUT2D eigenvalue weighted by Crippen LogP contribution is -2.30. The van der Waals surface area contributed by atoms with E-state index in [4.69, 9.17) is 5.73 Å². The number of amides is 1. The van der Waals surface area contributed by atoms with E-state index < -0.39 is 0 Å². The van der Waals surface area contributed by atoms with Crippen LogP contribution < -0.4 is 11.1 Å². The minimum atomic E-state index is 0.0374. The van der Waals surface area contributed by atoms with Crippen molar-refractivity contribution >= 4 is 17.3 Å². The van der Waals surface area contributed by atoms with Crippen molar-refractivity contribution in [2.75, 3.05) is 30.7 Å². The van der Waals surface area contributed by atoms with Crippen molar-refractivity contribution in [2.45, 2.75) is 34.1 Å². The molecule has 0 spiro atoms. The first kappa shape index (κ1) is 16.3. The highest BCUT2D eigenvalue weighted by Gasteiger charge is 2.13. The van der Waals surface area contributed by atoms with E-state index in [1.807, 2.05) is 26.0 Å². The Balaban J connectivity index is 2.74. The zero-order chi connectivity index (χ0) is 15.1. The molecule has 0 bridgehead atoms. The Morgan fingerprint density at radius 1 is 1.30 bits per heavy atom. The standard InChI is InChI=1S/C16H27N3O/c1-5-19(6-2)16(20)13-7-8-15(14(17)11-13)18-10-9-12(3)4/h7-8,11-12,18H,5-6,9-10,17H2,1-4H3. The minimum Gasteiger partial charge on any atom is -0.397 e. The molecule has 1 aromatic rings. The second kappa shape index (κ2) is 7.78. The average Bonchev–Trinajstić information content (AvgIpc) is 2.41. The number of hydrogen-bond donors (Lipinski definition) is 2. The van der Waals surface area contributed by atoms with Crippen LogP contribution in [0.1, 0.15) is 44.5 Å². The lowest BCUT2D eigenvalue weighted by molar-refractivity contribution is 0.0773. The molecule has 3 N–H and O–H groups in total. The maximum Gasteiger partial charge on any atom is 0.253 e. The number of nitrogens with one attached hydrogen (secondary N) is 1. The summed E-state index contributed by atoms with van der Waals surface area (Å²) >= 11 is 0. The molecule has 0 saturated heterocycles. The van der Waals surface area contributed by atoms with Gasteiger partial charge in [-0.3, -0.25) is 4.79 Å². The van der Waals surface area contributed by atoms with Crippen LogP contribution in [0.15, 0.2) is 18.2 Å². The predicted octanol–water partition coefficient (Wildman–Crippen LogP) is 3.21. The molecule has 112 valence electrons. The fourth-order valence-electron chi connectivity index (χ4n) is 2.05. The Labute approximate surface area is 122 Å². The molecule has 0 aliphatic heterocycles. The number of nitrogens with two attached hydrogens (primary N) is 1. The van der Waals surface area contributed by atoms with Gasteiger partial charge in [-0.05, 0) is 44.4 Å². The molecule has 0 atom stereocenters. The van der Waals surface area contributed by atoms with Crippen LogP contribution in [0.2, 0.25) is 0 Å². The third-order valence-corrected chi connectivity index (χ3v) is 3.39. The second-order valence-corrected chi connectivity index (χ2v) is 5.39. The minimum absolute atomic E-state index is 0.0374. The Morgan fingerprint density at radius 3 is 2.45 bits per heavy atom. The number of nitrogen functional groups attached to an aromatic ring is 1. The van der Waals surface area contributed by atoms with Crippen LogP contribution >= 0.6 is 0 Å². The summed E-state index contributed by atoms with van der Waals surface area (Å²) in [6.07, 6.45) is 1.10. The van der Waals surface area contributed by atoms with Crippen molar-refractivity contribution in [3.63, 3.8) is 0 Å². The van der Waals surface area contributed by atoms with E-state index in [1.54, 1.807) is 11.0 Å². The Bertz CT molecular complexity index is 439. The van der Waals surface area contributed by atoms with E-state index in [0.29, 0.717) is 30.3 Å². The smallest absolute Gasteiger partial charge is 0.253 e. The number of carbonyl (C=O) groups is 1. The van der Waals surface area contributed by atoms with Crippen LogP contribution in [-0.4, -0.2) is 30.4 Å². The van der Waals surface area contributed by atoms with E-state index in [0.717, 1.165) is 18.7 Å². The highest BCUT2D eigenvalue weighted by molar-refractivity contribution is 5.96. The maximum atomic E-state index is 12.2. The van der Waals surface area contributed by atoms with Crippen LogP contribution in [-0.2, 0) is 0 Å². The van der Waals surface area contributed by atoms with E-state index >= 15 is 0 Å². The summed E-state index contributed by atoms with van der Waals surface area (Å²) in [6, 6.07) is 5.50. The Hall–Kier alpha value is -1.71. The average molecular weight is 277 g/mol. The van der Waals surface area contributed by atoms with Crippen LogP contribution in [0, 0.1) is 5.92 Å². The summed E-state index contributed by atoms with van der Waals surface area (Å²) < 4.78 is 0. The molecule has 0 heterocycles. The first-order chi connectivity index (χ1) is 9.49. The molecule has 0 aliphatic carbocycles. The molecule has 4 nitrogen and oxygen atoms in total. The summed E-state index contributed by atoms with van der Waals surface area (Å²) in [4.78, 5) is 14.0. The molecule has 1 aromatic carbocycles. The first-order valence-electron chi connectivity index (χ1n) is 7.42. The third-order valence-electron chi connectivity index (χ3n) is 3.39. The third kappa shape index (κ3) is 4.44. The van der Waals surface area contributed by atoms with Gasteiger partial charge in [0, 0.05) is 25.2 Å². The number of anilines is 2. The second-order valence-electron chi connectivity index (χ2n) is 5.39. The first-order valence-corrected chi connectivity index (χ1v) is 7.42. The quantitative estimate of drug-likeness (QED) is 0.752. The molecule has 0 unspecified atom stereocenters. The van der Waals surface area contributed by atoms with E-state index in [2.05, 4.69) is 19.2 Å². The van der Waals surface area contributed by atoms with Gasteiger partial charge in [0.25, 0.3) is 5.91 Å². The molecule has 0 saturated carbocycles. The van der Waals surface area contributed by atoms with Crippen molar-refractivity contribution < 1.29 is 4.79 Å². The molecule has 20 heavy (non-hydrogen) atoms. The highest BCUT2D eigenvalue weighted by atomic mass is 16.2. The van der Waals surface area contributed by atoms with Crippen molar-refractivity contribution in [3.8, 4) is 0 Å². The zero-order valence-electron chi connectivity index (χ0n) is 13.1. The molecule has 0 radical (unpaired) electrons. The number of rotatable bonds is 7. The molecule has 0 fully saturated rings. The van der Waals surface area contributed by atoms with Crippen molar-refractivity contribution in [2.24, 2.45) is 5.92 Å². The fraction of sp³-hybridized carbons (Fsp3) is 0.562. The van der Waals surface area contributed by atoms with Gasteiger partial charge < -0.3 is 16.0 Å². The van der Waals surface area contributed by atoms with Crippen LogP contribution in [0.4, 0.5) is 11.4 Å². The van der Waals surface area contributed by atoms with Crippen molar-refractivity contribution in [1.29, 1.82) is 0 Å². The van der Waals surface area contributed by atoms with Gasteiger partial charge in [-0.25, -0.2) is 0 Å². The van der Waals surface area contributed by atoms with Crippen LogP contribution in [0.25, 0.3) is 0 Å². The summed E-state index contributed by atoms with van der Waals surface area (Å²) in [6.45, 7) is 10.7. The lowest BCUT2D eigenvalue weighted by atomic mass is 10.1. The predicted molar refractivity (Wildman–Crippen MR) is 86.1 cm³/mol. The molecule has 1 amide bonds. The summed E-state index contributed by atoms with van der Waals surface area (Å²) in [7, 11) is 0. The van der Waals surface area contributed by atoms with Gasteiger partial charge in [-0.2, -0.15) is 0 Å². The van der Waals surface area contributed by atoms with Gasteiger partial charge >= 0.3 is 0 Å². The summed E-state index contributed by atoms with van der Waals surface area (Å²) in [5, 5.41) is 3.32. The molecular formula is C16H27N3O. The van der Waals surface area contributed by atoms with Crippen LogP contribution in [0.5, 0.6) is 0 Å². The normalized spacial score (nSPS) is 10.7. The molecule has 0 aromatic heterocycles. The molecule has 0 aliphatic rings. The molecule has 4 heteroatoms. The number of nitrogens with zero attached hydrogens (tertiary/aromatic N) is 1. The largest absolute Gasteiger partial charge is 0.397 e. The number of carbonyl (C=O) groups excluding carboxylic acids is 1. The van der Waals surface area contributed by atoms with Gasteiger partial charge in [0.2, 0.25) is 0 Å². The van der Waals surface area contributed by atoms with Gasteiger partial charge in [0.05, 0.1) is 11.4 Å². The molecule has 1 rings (SSSR count). The van der Waals surface area contributed by atoms with Crippen molar-refractivity contribution in [1.82, 2.24) is 4.90 Å². The number of hydrogen-bond acceptors (Lipinski definition) is 3. The molecular weight excluding hydrogens is 250 g/mol.